The first-order valence-corrected chi connectivity index (χ1v) is 3.72. The van der Waals surface area contributed by atoms with Gasteiger partial charge in [0.2, 0.25) is 0 Å². The van der Waals surface area contributed by atoms with Crippen LogP contribution in [0.4, 0.5) is 4.79 Å². The molecule has 1 aromatic rings. The third kappa shape index (κ3) is 3.01. The Labute approximate surface area is 70.8 Å². The summed E-state index contributed by atoms with van der Waals surface area (Å²) in [5.74, 6) is 0. The zero-order valence-corrected chi connectivity index (χ0v) is 6.66. The number of carbonyl (C=O) groups is 1. The highest BCUT2D eigenvalue weighted by molar-refractivity contribution is 5.71. The Bertz CT molecular complexity index is 248. The van der Waals surface area contributed by atoms with Crippen LogP contribution in [-0.2, 0) is 6.42 Å². The number of pyridine rings is 1. The second-order valence-corrected chi connectivity index (χ2v) is 2.36. The molecule has 0 bridgehead atoms. The predicted octanol–water partition coefficient (Wildman–Crippen LogP) is 0.292. The summed E-state index contributed by atoms with van der Waals surface area (Å²) in [6, 6.07) is 5.17. The second kappa shape index (κ2) is 4.33. The van der Waals surface area contributed by atoms with E-state index in [0.29, 0.717) is 13.0 Å². The van der Waals surface area contributed by atoms with E-state index in [0.717, 1.165) is 5.69 Å². The molecule has 0 saturated carbocycles. The number of nitrogens with zero attached hydrogens (tertiary/aromatic N) is 1. The Morgan fingerprint density at radius 2 is 2.42 bits per heavy atom. The van der Waals surface area contributed by atoms with E-state index < -0.39 is 6.03 Å². The lowest BCUT2D eigenvalue weighted by molar-refractivity contribution is 0.249. The molecule has 3 N–H and O–H groups in total. The van der Waals surface area contributed by atoms with Crippen LogP contribution in [0, 0.1) is 0 Å². The van der Waals surface area contributed by atoms with E-state index in [-0.39, 0.29) is 0 Å². The fourth-order valence-corrected chi connectivity index (χ4v) is 0.860. The summed E-state index contributed by atoms with van der Waals surface area (Å²) < 4.78 is 0. The highest BCUT2D eigenvalue weighted by Gasteiger charge is 1.93. The molecule has 0 atom stereocenters. The lowest BCUT2D eigenvalue weighted by Gasteiger charge is -1.99. The van der Waals surface area contributed by atoms with Crippen LogP contribution in [0.3, 0.4) is 0 Å². The fourth-order valence-electron chi connectivity index (χ4n) is 0.860. The van der Waals surface area contributed by atoms with Gasteiger partial charge in [-0.2, -0.15) is 0 Å². The molecule has 0 unspecified atom stereocenters. The molecule has 4 heteroatoms. The van der Waals surface area contributed by atoms with Gasteiger partial charge in [-0.25, -0.2) is 4.79 Å². The third-order valence-corrected chi connectivity index (χ3v) is 1.41. The standard InChI is InChI=1S/C8H11N3O/c9-8(12)11-6-4-7-3-1-2-5-10-7/h1-3,5H,4,6H2,(H3,9,11,12). The number of primary amides is 1. The number of hydrogen-bond donors (Lipinski definition) is 2. The molecular formula is C8H11N3O. The number of nitrogens with two attached hydrogens (primary N) is 1. The zero-order valence-electron chi connectivity index (χ0n) is 6.66. The highest BCUT2D eigenvalue weighted by atomic mass is 16.2. The summed E-state index contributed by atoms with van der Waals surface area (Å²) >= 11 is 0. The van der Waals surface area contributed by atoms with Crippen molar-refractivity contribution in [3.8, 4) is 0 Å². The first-order chi connectivity index (χ1) is 5.79. The molecule has 12 heavy (non-hydrogen) atoms. The molecule has 0 radical (unpaired) electrons. The van der Waals surface area contributed by atoms with Gasteiger partial charge in [-0.15, -0.1) is 0 Å². The first kappa shape index (κ1) is 8.52. The minimum atomic E-state index is -0.495. The quantitative estimate of drug-likeness (QED) is 0.676. The predicted molar refractivity (Wildman–Crippen MR) is 45.5 cm³/mol. The summed E-state index contributed by atoms with van der Waals surface area (Å²) in [5, 5.41) is 2.49. The van der Waals surface area contributed by atoms with Gasteiger partial charge < -0.3 is 11.1 Å². The van der Waals surface area contributed by atoms with Crippen molar-refractivity contribution in [2.45, 2.75) is 6.42 Å². The van der Waals surface area contributed by atoms with E-state index in [1.54, 1.807) is 6.20 Å². The third-order valence-electron chi connectivity index (χ3n) is 1.41. The Hall–Kier alpha value is -1.58. The average Bonchev–Trinajstić information content (AvgIpc) is 2.05. The van der Waals surface area contributed by atoms with Crippen molar-refractivity contribution in [2.75, 3.05) is 6.54 Å². The van der Waals surface area contributed by atoms with Crippen molar-refractivity contribution in [1.82, 2.24) is 10.3 Å². The molecule has 0 saturated heterocycles. The minimum Gasteiger partial charge on any atom is -0.352 e. The van der Waals surface area contributed by atoms with E-state index in [9.17, 15) is 4.79 Å². The van der Waals surface area contributed by atoms with Crippen LogP contribution in [0.25, 0.3) is 0 Å². The van der Waals surface area contributed by atoms with Crippen LogP contribution < -0.4 is 11.1 Å². The summed E-state index contributed by atoms with van der Waals surface area (Å²) in [6.45, 7) is 0.534. The van der Waals surface area contributed by atoms with Crippen LogP contribution in [0.5, 0.6) is 0 Å². The molecule has 1 heterocycles. The lowest BCUT2D eigenvalue weighted by atomic mass is 10.3. The number of urea groups is 1. The maximum Gasteiger partial charge on any atom is 0.312 e. The summed E-state index contributed by atoms with van der Waals surface area (Å²) in [4.78, 5) is 14.4. The number of aromatic nitrogens is 1. The molecule has 64 valence electrons. The summed E-state index contributed by atoms with van der Waals surface area (Å²) in [6.07, 6.45) is 2.43. The maximum atomic E-state index is 10.3. The van der Waals surface area contributed by atoms with Crippen molar-refractivity contribution >= 4 is 6.03 Å². The van der Waals surface area contributed by atoms with Crippen molar-refractivity contribution in [3.05, 3.63) is 30.1 Å². The highest BCUT2D eigenvalue weighted by Crippen LogP contribution is 1.92. The van der Waals surface area contributed by atoms with Gasteiger partial charge in [0.1, 0.15) is 0 Å². The molecule has 0 aliphatic heterocycles. The maximum absolute atomic E-state index is 10.3. The van der Waals surface area contributed by atoms with Crippen LogP contribution in [0.15, 0.2) is 24.4 Å². The molecule has 0 aliphatic rings. The van der Waals surface area contributed by atoms with Crippen LogP contribution in [0.2, 0.25) is 0 Å². The van der Waals surface area contributed by atoms with Gasteiger partial charge in [0.25, 0.3) is 0 Å². The zero-order chi connectivity index (χ0) is 8.81. The Morgan fingerprint density at radius 1 is 1.58 bits per heavy atom. The van der Waals surface area contributed by atoms with Crippen molar-refractivity contribution in [2.24, 2.45) is 5.73 Å². The lowest BCUT2D eigenvalue weighted by Crippen LogP contribution is -2.31. The SMILES string of the molecule is NC(=O)NCCc1ccccn1. The monoisotopic (exact) mass is 165 g/mol. The smallest absolute Gasteiger partial charge is 0.312 e. The van der Waals surface area contributed by atoms with Crippen molar-refractivity contribution < 1.29 is 4.79 Å². The molecule has 1 rings (SSSR count). The molecular weight excluding hydrogens is 154 g/mol. The number of amides is 2. The van der Waals surface area contributed by atoms with Crippen molar-refractivity contribution in [3.63, 3.8) is 0 Å². The van der Waals surface area contributed by atoms with E-state index in [4.69, 9.17) is 5.73 Å². The second-order valence-electron chi connectivity index (χ2n) is 2.36. The van der Waals surface area contributed by atoms with Crippen molar-refractivity contribution in [1.29, 1.82) is 0 Å². The number of nitrogens with one attached hydrogen (secondary N) is 1. The van der Waals surface area contributed by atoms with E-state index in [2.05, 4.69) is 10.3 Å². The van der Waals surface area contributed by atoms with Crippen LogP contribution in [-0.4, -0.2) is 17.6 Å². The number of carbonyl (C=O) groups excluding carboxylic acids is 1. The molecule has 1 aromatic heterocycles. The average molecular weight is 165 g/mol. The Morgan fingerprint density at radius 3 is 3.00 bits per heavy atom. The van der Waals surface area contributed by atoms with Gasteiger partial charge in [-0.3, -0.25) is 4.98 Å². The molecule has 4 nitrogen and oxygen atoms in total. The normalized spacial score (nSPS) is 9.33. The molecule has 0 fully saturated rings. The number of hydrogen-bond acceptors (Lipinski definition) is 2. The largest absolute Gasteiger partial charge is 0.352 e. The van der Waals surface area contributed by atoms with Gasteiger partial charge in [0.05, 0.1) is 0 Å². The van der Waals surface area contributed by atoms with Gasteiger partial charge in [0, 0.05) is 24.9 Å². The number of rotatable bonds is 3. The molecule has 2 amide bonds. The van der Waals surface area contributed by atoms with Gasteiger partial charge >= 0.3 is 6.03 Å². The Balaban J connectivity index is 2.29. The van der Waals surface area contributed by atoms with Crippen LogP contribution in [0.1, 0.15) is 5.69 Å². The Kier molecular flexibility index (Phi) is 3.07. The first-order valence-electron chi connectivity index (χ1n) is 3.72. The molecule has 0 aromatic carbocycles. The van der Waals surface area contributed by atoms with Gasteiger partial charge in [-0.1, -0.05) is 6.07 Å². The summed E-state index contributed by atoms with van der Waals surface area (Å²) in [5.41, 5.74) is 5.84. The molecule has 0 aliphatic carbocycles. The van der Waals surface area contributed by atoms with Crippen LogP contribution >= 0.6 is 0 Å². The van der Waals surface area contributed by atoms with E-state index in [1.807, 2.05) is 18.2 Å². The topological polar surface area (TPSA) is 68.0 Å². The summed E-state index contributed by atoms with van der Waals surface area (Å²) in [7, 11) is 0. The van der Waals surface area contributed by atoms with Gasteiger partial charge in [0.15, 0.2) is 0 Å². The van der Waals surface area contributed by atoms with Gasteiger partial charge in [-0.05, 0) is 12.1 Å². The minimum absolute atomic E-state index is 0.495. The van der Waals surface area contributed by atoms with E-state index in [1.165, 1.54) is 0 Å². The fraction of sp³-hybridized carbons (Fsp3) is 0.250. The van der Waals surface area contributed by atoms with E-state index >= 15 is 0 Å². The molecule has 0 spiro atoms.